The summed E-state index contributed by atoms with van der Waals surface area (Å²) in [5.41, 5.74) is 2.72. The number of aliphatic hydroxyl groups excluding tert-OH is 1. The molecule has 0 saturated carbocycles. The minimum atomic E-state index is -3.75. The highest BCUT2D eigenvalue weighted by Gasteiger charge is 2.19. The van der Waals surface area contributed by atoms with Crippen LogP contribution in [0.5, 0.6) is 0 Å². The summed E-state index contributed by atoms with van der Waals surface area (Å²) < 4.78 is 27.9. The molecule has 0 atom stereocenters. The molecular weight excluding hydrogens is 319 g/mol. The van der Waals surface area contributed by atoms with Crippen LogP contribution in [0.15, 0.2) is 64.0 Å². The van der Waals surface area contributed by atoms with Crippen molar-refractivity contribution in [1.82, 2.24) is 5.16 Å². The lowest BCUT2D eigenvalue weighted by Crippen LogP contribution is -2.11. The molecule has 6 nitrogen and oxygen atoms in total. The summed E-state index contributed by atoms with van der Waals surface area (Å²) in [5.74, 6) is 0.312. The second kappa shape index (κ2) is 5.96. The Bertz CT molecular complexity index is 916. The van der Waals surface area contributed by atoms with Crippen molar-refractivity contribution in [3.63, 3.8) is 0 Å². The highest BCUT2D eigenvalue weighted by Crippen LogP contribution is 2.34. The quantitative estimate of drug-likeness (QED) is 0.712. The van der Waals surface area contributed by atoms with E-state index in [-0.39, 0.29) is 11.5 Å². The number of primary sulfonamides is 1. The fraction of sp³-hybridized carbons (Fsp3) is 0.0625. The predicted octanol–water partition coefficient (Wildman–Crippen LogP) is 2.15. The zero-order valence-corrected chi connectivity index (χ0v) is 12.8. The van der Waals surface area contributed by atoms with Gasteiger partial charge in [0, 0.05) is 5.56 Å². The van der Waals surface area contributed by atoms with Crippen LogP contribution >= 0.6 is 0 Å². The first-order valence-corrected chi connectivity index (χ1v) is 8.33. The first-order chi connectivity index (χ1) is 11.0. The van der Waals surface area contributed by atoms with Crippen LogP contribution in [0.1, 0.15) is 5.76 Å². The monoisotopic (exact) mass is 333 g/mol. The van der Waals surface area contributed by atoms with E-state index in [0.717, 1.165) is 5.56 Å². The predicted molar refractivity (Wildman–Crippen MR) is 84.7 cm³/mol. The smallest absolute Gasteiger partial charge is 0.238 e. The zero-order chi connectivity index (χ0) is 16.4. The van der Waals surface area contributed by atoms with Crippen molar-refractivity contribution in [2.75, 3.05) is 0 Å². The number of rotatable bonds is 4. The van der Waals surface area contributed by atoms with Gasteiger partial charge in [0.25, 0.3) is 0 Å². The maximum atomic E-state index is 11.3. The van der Waals surface area contributed by atoms with E-state index in [1.54, 1.807) is 12.1 Å². The van der Waals surface area contributed by atoms with Crippen molar-refractivity contribution >= 4 is 10.0 Å². The molecule has 0 aliphatic carbocycles. The van der Waals surface area contributed by atoms with Crippen molar-refractivity contribution in [2.45, 2.75) is 11.5 Å². The van der Waals surface area contributed by atoms with Crippen LogP contribution in [0.25, 0.3) is 22.4 Å². The van der Waals surface area contributed by atoms with E-state index < -0.39 is 10.0 Å². The van der Waals surface area contributed by atoms with Crippen LogP contribution < -0.4 is 5.14 Å². The van der Waals surface area contributed by atoms with Gasteiger partial charge in [0.05, 0.1) is 10.5 Å². The van der Waals surface area contributed by atoms with Crippen molar-refractivity contribution in [1.29, 1.82) is 0 Å². The molecule has 0 aliphatic heterocycles. The molecular formula is C16H14N2O4S. The fourth-order valence-corrected chi connectivity index (χ4v) is 2.85. The van der Waals surface area contributed by atoms with Crippen LogP contribution in [-0.4, -0.2) is 18.7 Å². The Balaban J connectivity index is 2.14. The number of aliphatic hydroxyl groups is 1. The molecule has 1 aromatic heterocycles. The van der Waals surface area contributed by atoms with Gasteiger partial charge in [0.2, 0.25) is 10.0 Å². The van der Waals surface area contributed by atoms with Gasteiger partial charge in [-0.15, -0.1) is 0 Å². The van der Waals surface area contributed by atoms with Gasteiger partial charge in [0.1, 0.15) is 12.3 Å². The van der Waals surface area contributed by atoms with Gasteiger partial charge in [-0.05, 0) is 17.7 Å². The van der Waals surface area contributed by atoms with Crippen molar-refractivity contribution in [3.8, 4) is 22.4 Å². The third-order valence-corrected chi connectivity index (χ3v) is 4.35. The standard InChI is InChI=1S/C16H14N2O4S/c17-23(20,21)13-8-6-11(7-9-13)15-14(10-19)22-18-16(15)12-4-2-1-3-5-12/h1-9,19H,10H2,(H2,17,20,21)/i10+1,14+1,18+1. The second-order valence-electron chi connectivity index (χ2n) is 4.92. The summed E-state index contributed by atoms with van der Waals surface area (Å²) in [7, 11) is -3.75. The van der Waals surface area contributed by atoms with Gasteiger partial charge < -0.3 is 9.63 Å². The molecule has 2 aromatic carbocycles. The molecule has 3 N–H and O–H groups in total. The van der Waals surface area contributed by atoms with E-state index in [1.165, 1.54) is 12.1 Å². The molecule has 1 heterocycles. The fourth-order valence-electron chi connectivity index (χ4n) is 2.33. The molecule has 23 heavy (non-hydrogen) atoms. The molecule has 0 radical (unpaired) electrons. The van der Waals surface area contributed by atoms with Crippen LogP contribution in [0, 0.1) is 0 Å². The largest absolute Gasteiger partial charge is 0.388 e. The van der Waals surface area contributed by atoms with Crippen LogP contribution in [-0.2, 0) is 16.6 Å². The number of nitrogens with two attached hydrogens (primary N) is 1. The van der Waals surface area contributed by atoms with Crippen LogP contribution in [0.3, 0.4) is 0 Å². The molecule has 7 heteroatoms. The molecule has 118 valence electrons. The minimum Gasteiger partial charge on any atom is -0.388 e. The third-order valence-electron chi connectivity index (χ3n) is 3.43. The molecule has 3 aromatic rings. The Morgan fingerprint density at radius 3 is 2.22 bits per heavy atom. The lowest BCUT2D eigenvalue weighted by atomic mass is 10.0. The molecule has 0 fully saturated rings. The lowest BCUT2D eigenvalue weighted by Gasteiger charge is -2.05. The summed E-state index contributed by atoms with van der Waals surface area (Å²) in [6.45, 7) is -0.313. The molecule has 0 aliphatic rings. The first-order valence-electron chi connectivity index (χ1n) is 6.79. The molecule has 0 bridgehead atoms. The van der Waals surface area contributed by atoms with Crippen LogP contribution in [0.2, 0.25) is 0 Å². The Morgan fingerprint density at radius 2 is 1.65 bits per heavy atom. The Kier molecular flexibility index (Phi) is 3.99. The van der Waals surface area contributed by atoms with Crippen molar-refractivity contribution in [2.24, 2.45) is 5.14 Å². The highest BCUT2D eigenvalue weighted by molar-refractivity contribution is 7.89. The molecule has 0 saturated heterocycles. The molecule has 0 amide bonds. The average Bonchev–Trinajstić information content (AvgIpc) is 2.99. The van der Waals surface area contributed by atoms with Crippen molar-refractivity contribution < 1.29 is 18.0 Å². The van der Waals surface area contributed by atoms with E-state index in [2.05, 4.69) is 5.16 Å². The second-order valence-corrected chi connectivity index (χ2v) is 6.48. The number of hydrogen-bond donors (Lipinski definition) is 2. The molecule has 0 unspecified atom stereocenters. The summed E-state index contributed by atoms with van der Waals surface area (Å²) in [4.78, 5) is 0.0181. The first kappa shape index (κ1) is 15.4. The number of nitrogens with zero attached hydrogens (tertiary/aromatic N) is 1. The maximum Gasteiger partial charge on any atom is 0.238 e. The van der Waals surface area contributed by atoms with Crippen molar-refractivity contribution in [3.05, 3.63) is 60.4 Å². The van der Waals surface area contributed by atoms with E-state index in [1.807, 2.05) is 30.3 Å². The van der Waals surface area contributed by atoms with E-state index in [4.69, 9.17) is 9.66 Å². The number of benzene rings is 2. The van der Waals surface area contributed by atoms with Crippen LogP contribution in [0.4, 0.5) is 0 Å². The summed E-state index contributed by atoms with van der Waals surface area (Å²) >= 11 is 0. The summed E-state index contributed by atoms with van der Waals surface area (Å²) in [6.07, 6.45) is 0. The van der Waals surface area contributed by atoms with E-state index >= 15 is 0 Å². The topological polar surface area (TPSA) is 106 Å². The lowest BCUT2D eigenvalue weighted by molar-refractivity contribution is 0.230. The molecule has 3 rings (SSSR count). The van der Waals surface area contributed by atoms with Gasteiger partial charge in [-0.2, -0.15) is 0 Å². The number of hydrogen-bond acceptors (Lipinski definition) is 5. The summed E-state index contributed by atoms with van der Waals surface area (Å²) in [6, 6.07) is 15.4. The highest BCUT2D eigenvalue weighted by atomic mass is 32.2. The maximum absolute atomic E-state index is 11.3. The van der Waals surface area contributed by atoms with Gasteiger partial charge in [-0.25, -0.2) is 13.6 Å². The van der Waals surface area contributed by atoms with Gasteiger partial charge in [-0.1, -0.05) is 47.6 Å². The average molecular weight is 333 g/mol. The Morgan fingerprint density at radius 1 is 1.00 bits per heavy atom. The van der Waals surface area contributed by atoms with E-state index in [9.17, 15) is 13.5 Å². The normalized spacial score (nSPS) is 11.6. The van der Waals surface area contributed by atoms with Gasteiger partial charge >= 0.3 is 0 Å². The summed E-state index contributed by atoms with van der Waals surface area (Å²) in [5, 5.41) is 18.6. The number of sulfonamides is 1. The minimum absolute atomic E-state index is 0.0181. The Hall–Kier alpha value is -2.48. The molecule has 0 spiro atoms. The van der Waals surface area contributed by atoms with Gasteiger partial charge in [-0.3, -0.25) is 0 Å². The number of aromatic nitrogens is 1. The zero-order valence-electron chi connectivity index (χ0n) is 12.0. The SMILES string of the molecule is NS(=O)(=O)c1ccc(-c2c(-c3ccccc3)[15n]o[13c]2[13CH2]O)cc1. The van der Waals surface area contributed by atoms with E-state index in [0.29, 0.717) is 22.6 Å². The third kappa shape index (κ3) is 3.02. The van der Waals surface area contributed by atoms with Gasteiger partial charge in [0.15, 0.2) is 5.76 Å². The Labute approximate surface area is 133 Å².